The van der Waals surface area contributed by atoms with Gasteiger partial charge in [0.05, 0.1) is 34.5 Å². The smallest absolute Gasteiger partial charge is 0.253 e. The third-order valence-corrected chi connectivity index (χ3v) is 3.22. The fourth-order valence-electron chi connectivity index (χ4n) is 1.51. The van der Waals surface area contributed by atoms with Crippen molar-refractivity contribution in [1.29, 1.82) is 0 Å². The van der Waals surface area contributed by atoms with Crippen LogP contribution in [0.4, 0.5) is 0 Å². The molecule has 0 atom stereocenters. The molecule has 1 N–H and O–H groups in total. The SMILES string of the molecule is O=C(NCCOc1c(Cl)cc(Cl)cc1Cl)c1ccnnc1. The number of benzene rings is 1. The van der Waals surface area contributed by atoms with Crippen molar-refractivity contribution in [3.8, 4) is 5.75 Å². The topological polar surface area (TPSA) is 64.1 Å². The number of amides is 1. The highest BCUT2D eigenvalue weighted by Crippen LogP contribution is 2.35. The minimum atomic E-state index is -0.262. The van der Waals surface area contributed by atoms with Crippen LogP contribution in [0, 0.1) is 0 Å². The van der Waals surface area contributed by atoms with E-state index < -0.39 is 0 Å². The lowest BCUT2D eigenvalue weighted by molar-refractivity contribution is 0.0946. The highest BCUT2D eigenvalue weighted by molar-refractivity contribution is 6.40. The second kappa shape index (κ2) is 7.45. The van der Waals surface area contributed by atoms with Crippen LogP contribution in [0.25, 0.3) is 0 Å². The van der Waals surface area contributed by atoms with Crippen molar-refractivity contribution in [3.05, 3.63) is 51.2 Å². The van der Waals surface area contributed by atoms with Gasteiger partial charge in [-0.2, -0.15) is 10.2 Å². The highest BCUT2D eigenvalue weighted by atomic mass is 35.5. The quantitative estimate of drug-likeness (QED) is 0.844. The van der Waals surface area contributed by atoms with E-state index in [0.717, 1.165) is 0 Å². The molecule has 0 radical (unpaired) electrons. The van der Waals surface area contributed by atoms with Crippen molar-refractivity contribution in [2.24, 2.45) is 0 Å². The van der Waals surface area contributed by atoms with Gasteiger partial charge in [-0.15, -0.1) is 0 Å². The van der Waals surface area contributed by atoms with Gasteiger partial charge >= 0.3 is 0 Å². The minimum absolute atomic E-state index is 0.214. The Morgan fingerprint density at radius 1 is 1.19 bits per heavy atom. The molecule has 0 saturated heterocycles. The van der Waals surface area contributed by atoms with E-state index in [0.29, 0.717) is 26.4 Å². The first-order chi connectivity index (χ1) is 10.1. The van der Waals surface area contributed by atoms with Gasteiger partial charge in [0.25, 0.3) is 5.91 Å². The standard InChI is InChI=1S/C13H10Cl3N3O2/c14-9-5-10(15)12(11(16)6-9)21-4-3-17-13(20)8-1-2-18-19-7-8/h1-2,5-7H,3-4H2,(H,17,20). The molecule has 0 fully saturated rings. The van der Waals surface area contributed by atoms with E-state index in [-0.39, 0.29) is 19.1 Å². The molecule has 110 valence electrons. The molecule has 1 aromatic carbocycles. The molecule has 0 aliphatic rings. The molecule has 0 saturated carbocycles. The zero-order chi connectivity index (χ0) is 15.2. The lowest BCUT2D eigenvalue weighted by atomic mass is 10.3. The average Bonchev–Trinajstić information content (AvgIpc) is 2.46. The number of nitrogens with zero attached hydrogens (tertiary/aromatic N) is 2. The first kappa shape index (κ1) is 15.8. The summed E-state index contributed by atoms with van der Waals surface area (Å²) in [7, 11) is 0. The number of carbonyl (C=O) groups is 1. The third-order valence-electron chi connectivity index (χ3n) is 2.44. The number of ether oxygens (including phenoxy) is 1. The van der Waals surface area contributed by atoms with E-state index >= 15 is 0 Å². The summed E-state index contributed by atoms with van der Waals surface area (Å²) in [6.07, 6.45) is 2.82. The molecule has 5 nitrogen and oxygen atoms in total. The molecule has 8 heteroatoms. The average molecular weight is 347 g/mol. The van der Waals surface area contributed by atoms with E-state index in [1.807, 2.05) is 0 Å². The lowest BCUT2D eigenvalue weighted by Crippen LogP contribution is -2.28. The highest BCUT2D eigenvalue weighted by Gasteiger charge is 2.09. The van der Waals surface area contributed by atoms with Crippen molar-refractivity contribution in [1.82, 2.24) is 15.5 Å². The molecule has 0 aliphatic carbocycles. The number of rotatable bonds is 5. The minimum Gasteiger partial charge on any atom is -0.489 e. The Morgan fingerprint density at radius 3 is 2.52 bits per heavy atom. The summed E-state index contributed by atoms with van der Waals surface area (Å²) in [5.41, 5.74) is 0.424. The second-order valence-corrected chi connectivity index (χ2v) is 5.18. The molecule has 2 rings (SSSR count). The van der Waals surface area contributed by atoms with Crippen LogP contribution in [0.1, 0.15) is 10.4 Å². The first-order valence-electron chi connectivity index (χ1n) is 5.90. The molecular weight excluding hydrogens is 337 g/mol. The Bertz CT molecular complexity index is 615. The van der Waals surface area contributed by atoms with Crippen LogP contribution in [0.15, 0.2) is 30.6 Å². The first-order valence-corrected chi connectivity index (χ1v) is 7.03. The summed E-state index contributed by atoms with van der Waals surface area (Å²) in [5, 5.41) is 11.0. The Morgan fingerprint density at radius 2 is 1.90 bits per heavy atom. The molecule has 0 spiro atoms. The van der Waals surface area contributed by atoms with Gasteiger partial charge in [-0.3, -0.25) is 4.79 Å². The van der Waals surface area contributed by atoms with Gasteiger partial charge in [0.15, 0.2) is 5.75 Å². The maximum Gasteiger partial charge on any atom is 0.253 e. The van der Waals surface area contributed by atoms with E-state index in [4.69, 9.17) is 39.5 Å². The molecule has 1 heterocycles. The van der Waals surface area contributed by atoms with Crippen molar-refractivity contribution >= 4 is 40.7 Å². The van der Waals surface area contributed by atoms with Gasteiger partial charge in [0.2, 0.25) is 0 Å². The van der Waals surface area contributed by atoms with Gasteiger partial charge in [0, 0.05) is 5.02 Å². The van der Waals surface area contributed by atoms with Gasteiger partial charge in [-0.05, 0) is 18.2 Å². The predicted molar refractivity (Wildman–Crippen MR) is 81.3 cm³/mol. The number of hydrogen-bond donors (Lipinski definition) is 1. The fraction of sp³-hybridized carbons (Fsp3) is 0.154. The summed E-state index contributed by atoms with van der Waals surface area (Å²) < 4.78 is 5.44. The van der Waals surface area contributed by atoms with Crippen LogP contribution in [0.3, 0.4) is 0 Å². The van der Waals surface area contributed by atoms with Crippen LogP contribution in [0.5, 0.6) is 5.75 Å². The molecule has 0 unspecified atom stereocenters. The second-order valence-electron chi connectivity index (χ2n) is 3.93. The Kier molecular flexibility index (Phi) is 5.61. The Balaban J connectivity index is 1.84. The van der Waals surface area contributed by atoms with Crippen LogP contribution >= 0.6 is 34.8 Å². The summed E-state index contributed by atoms with van der Waals surface area (Å²) in [6.45, 7) is 0.502. The van der Waals surface area contributed by atoms with Crippen LogP contribution in [-0.4, -0.2) is 29.3 Å². The van der Waals surface area contributed by atoms with Crippen LogP contribution in [0.2, 0.25) is 15.1 Å². The normalized spacial score (nSPS) is 10.2. The zero-order valence-corrected chi connectivity index (χ0v) is 12.9. The van der Waals surface area contributed by atoms with Crippen molar-refractivity contribution in [2.45, 2.75) is 0 Å². The molecule has 0 aliphatic heterocycles. The summed E-state index contributed by atoms with van der Waals surface area (Å²) in [4.78, 5) is 11.7. The van der Waals surface area contributed by atoms with Gasteiger partial charge in [-0.1, -0.05) is 34.8 Å². The maximum absolute atomic E-state index is 11.7. The Hall–Kier alpha value is -1.56. The zero-order valence-electron chi connectivity index (χ0n) is 10.6. The fourth-order valence-corrected chi connectivity index (χ4v) is 2.44. The number of hydrogen-bond acceptors (Lipinski definition) is 4. The van der Waals surface area contributed by atoms with Crippen LogP contribution in [-0.2, 0) is 0 Å². The largest absolute Gasteiger partial charge is 0.489 e. The van der Waals surface area contributed by atoms with E-state index in [9.17, 15) is 4.79 Å². The van der Waals surface area contributed by atoms with Gasteiger partial charge < -0.3 is 10.1 Å². The molecule has 21 heavy (non-hydrogen) atoms. The van der Waals surface area contributed by atoms with Crippen LogP contribution < -0.4 is 10.1 Å². The van der Waals surface area contributed by atoms with E-state index in [2.05, 4.69) is 15.5 Å². The van der Waals surface area contributed by atoms with E-state index in [1.165, 1.54) is 24.5 Å². The number of nitrogens with one attached hydrogen (secondary N) is 1. The third kappa shape index (κ3) is 4.46. The molecule has 1 aromatic heterocycles. The summed E-state index contributed by atoms with van der Waals surface area (Å²) in [5.74, 6) is 0.0735. The molecular formula is C13H10Cl3N3O2. The maximum atomic E-state index is 11.7. The van der Waals surface area contributed by atoms with Gasteiger partial charge in [-0.25, -0.2) is 0 Å². The Labute approximate surface area is 136 Å². The number of aromatic nitrogens is 2. The molecule has 1 amide bonds. The molecule has 2 aromatic rings. The van der Waals surface area contributed by atoms with Gasteiger partial charge in [0.1, 0.15) is 6.61 Å². The lowest BCUT2D eigenvalue weighted by Gasteiger charge is -2.11. The van der Waals surface area contributed by atoms with Crippen molar-refractivity contribution in [3.63, 3.8) is 0 Å². The number of halogens is 3. The monoisotopic (exact) mass is 345 g/mol. The van der Waals surface area contributed by atoms with E-state index in [1.54, 1.807) is 6.07 Å². The summed E-state index contributed by atoms with van der Waals surface area (Å²) in [6, 6.07) is 4.63. The molecule has 0 bridgehead atoms. The van der Waals surface area contributed by atoms with Crippen molar-refractivity contribution in [2.75, 3.05) is 13.2 Å². The number of carbonyl (C=O) groups excluding carboxylic acids is 1. The van der Waals surface area contributed by atoms with Crippen molar-refractivity contribution < 1.29 is 9.53 Å². The summed E-state index contributed by atoms with van der Waals surface area (Å²) >= 11 is 17.8. The predicted octanol–water partition coefficient (Wildman–Crippen LogP) is 3.25.